The van der Waals surface area contributed by atoms with Gasteiger partial charge in [-0.3, -0.25) is 0 Å². The average Bonchev–Trinajstić information content (AvgIpc) is 2.20. The highest BCUT2D eigenvalue weighted by atomic mass is 16.1. The molecule has 0 fully saturated rings. The largest absolute Gasteiger partial charge is 0.303 e. The molecule has 13 heavy (non-hydrogen) atoms. The highest BCUT2D eigenvalue weighted by Gasteiger charge is 2.25. The second-order valence-electron chi connectivity index (χ2n) is 3.27. The van der Waals surface area contributed by atoms with Gasteiger partial charge in [-0.05, 0) is 26.2 Å². The molecule has 0 radical (unpaired) electrons. The van der Waals surface area contributed by atoms with Gasteiger partial charge in [-0.2, -0.15) is 5.26 Å². The van der Waals surface area contributed by atoms with Crippen LogP contribution in [-0.4, -0.2) is 6.29 Å². The predicted molar refractivity (Wildman–Crippen MR) is 53.1 cm³/mol. The molecule has 0 aliphatic rings. The fraction of sp³-hybridized carbons (Fsp3) is 0.636. The summed E-state index contributed by atoms with van der Waals surface area (Å²) < 4.78 is 0. The first-order valence-corrected chi connectivity index (χ1v) is 4.69. The van der Waals surface area contributed by atoms with Crippen LogP contribution in [0.5, 0.6) is 0 Å². The summed E-state index contributed by atoms with van der Waals surface area (Å²) in [5, 5.41) is 8.46. The molecular weight excluding hydrogens is 162 g/mol. The molecule has 1 atom stereocenters. The standard InChI is InChI=1S/C11H17NO/c1-3-5-7-11(4-2,10-13)8-6-9-12/h3,5,10H,4,6-8H2,1-2H3. The summed E-state index contributed by atoms with van der Waals surface area (Å²) in [4.78, 5) is 10.9. The van der Waals surface area contributed by atoms with Crippen molar-refractivity contribution in [2.45, 2.75) is 39.5 Å². The summed E-state index contributed by atoms with van der Waals surface area (Å²) in [6.07, 6.45) is 7.64. The summed E-state index contributed by atoms with van der Waals surface area (Å²) >= 11 is 0. The first-order valence-electron chi connectivity index (χ1n) is 4.69. The summed E-state index contributed by atoms with van der Waals surface area (Å²) in [6.45, 7) is 3.94. The number of nitrogens with zero attached hydrogens (tertiary/aromatic N) is 1. The summed E-state index contributed by atoms with van der Waals surface area (Å²) in [7, 11) is 0. The fourth-order valence-electron chi connectivity index (χ4n) is 1.27. The van der Waals surface area contributed by atoms with Crippen molar-refractivity contribution in [1.82, 2.24) is 0 Å². The Morgan fingerprint density at radius 2 is 2.23 bits per heavy atom. The Bertz CT molecular complexity index is 215. The van der Waals surface area contributed by atoms with Crippen molar-refractivity contribution in [3.63, 3.8) is 0 Å². The highest BCUT2D eigenvalue weighted by molar-refractivity contribution is 5.59. The van der Waals surface area contributed by atoms with E-state index in [1.165, 1.54) is 0 Å². The van der Waals surface area contributed by atoms with E-state index < -0.39 is 0 Å². The number of hydrogen-bond donors (Lipinski definition) is 0. The van der Waals surface area contributed by atoms with Gasteiger partial charge in [-0.1, -0.05) is 19.1 Å². The van der Waals surface area contributed by atoms with Gasteiger partial charge in [-0.25, -0.2) is 0 Å². The molecule has 0 aliphatic heterocycles. The lowest BCUT2D eigenvalue weighted by atomic mass is 9.79. The Hall–Kier alpha value is -1.10. The molecule has 0 aliphatic carbocycles. The third-order valence-electron chi connectivity index (χ3n) is 2.45. The third-order valence-corrected chi connectivity index (χ3v) is 2.45. The molecule has 2 heteroatoms. The van der Waals surface area contributed by atoms with Crippen molar-refractivity contribution in [3.8, 4) is 6.07 Å². The summed E-state index contributed by atoms with van der Waals surface area (Å²) in [5.74, 6) is 0. The molecule has 0 aromatic carbocycles. The molecule has 0 N–H and O–H groups in total. The highest BCUT2D eigenvalue weighted by Crippen LogP contribution is 2.29. The first kappa shape index (κ1) is 11.9. The van der Waals surface area contributed by atoms with Crippen molar-refractivity contribution in [3.05, 3.63) is 12.2 Å². The summed E-state index contributed by atoms with van der Waals surface area (Å²) in [6, 6.07) is 2.09. The number of rotatable bonds is 6. The Balaban J connectivity index is 4.31. The van der Waals surface area contributed by atoms with Gasteiger partial charge in [0, 0.05) is 11.8 Å². The Labute approximate surface area is 80.3 Å². The lowest BCUT2D eigenvalue weighted by Gasteiger charge is -2.23. The maximum atomic E-state index is 10.9. The van der Waals surface area contributed by atoms with Gasteiger partial charge in [0.15, 0.2) is 0 Å². The van der Waals surface area contributed by atoms with E-state index in [4.69, 9.17) is 5.26 Å². The van der Waals surface area contributed by atoms with E-state index in [2.05, 4.69) is 6.07 Å². The third kappa shape index (κ3) is 3.89. The maximum absolute atomic E-state index is 10.9. The molecule has 0 bridgehead atoms. The van der Waals surface area contributed by atoms with Gasteiger partial charge in [0.2, 0.25) is 0 Å². The smallest absolute Gasteiger partial charge is 0.126 e. The Morgan fingerprint density at radius 1 is 1.54 bits per heavy atom. The van der Waals surface area contributed by atoms with Gasteiger partial charge in [0.25, 0.3) is 0 Å². The molecule has 0 heterocycles. The van der Waals surface area contributed by atoms with Gasteiger partial charge in [0.05, 0.1) is 6.07 Å². The molecule has 0 saturated heterocycles. The second-order valence-corrected chi connectivity index (χ2v) is 3.27. The van der Waals surface area contributed by atoms with Crippen molar-refractivity contribution in [1.29, 1.82) is 5.26 Å². The quantitative estimate of drug-likeness (QED) is 0.464. The van der Waals surface area contributed by atoms with Crippen LogP contribution in [0.2, 0.25) is 0 Å². The van der Waals surface area contributed by atoms with Crippen LogP contribution < -0.4 is 0 Å². The lowest BCUT2D eigenvalue weighted by molar-refractivity contribution is -0.116. The van der Waals surface area contributed by atoms with E-state index in [0.29, 0.717) is 12.8 Å². The van der Waals surface area contributed by atoms with Crippen LogP contribution in [0.15, 0.2) is 12.2 Å². The van der Waals surface area contributed by atoms with Crippen molar-refractivity contribution in [2.75, 3.05) is 0 Å². The number of aldehydes is 1. The van der Waals surface area contributed by atoms with E-state index >= 15 is 0 Å². The van der Waals surface area contributed by atoms with Crippen LogP contribution in [0.1, 0.15) is 39.5 Å². The zero-order valence-corrected chi connectivity index (χ0v) is 8.42. The normalized spacial score (nSPS) is 15.2. The monoisotopic (exact) mass is 179 g/mol. The molecule has 2 nitrogen and oxygen atoms in total. The van der Waals surface area contributed by atoms with Crippen LogP contribution in [0.4, 0.5) is 0 Å². The summed E-state index contributed by atoms with van der Waals surface area (Å²) in [5.41, 5.74) is -0.303. The molecule has 72 valence electrons. The van der Waals surface area contributed by atoms with Crippen LogP contribution in [0.3, 0.4) is 0 Å². The van der Waals surface area contributed by atoms with Gasteiger partial charge >= 0.3 is 0 Å². The molecule has 0 spiro atoms. The van der Waals surface area contributed by atoms with Crippen molar-refractivity contribution < 1.29 is 4.79 Å². The molecule has 0 aromatic heterocycles. The fourth-order valence-corrected chi connectivity index (χ4v) is 1.27. The van der Waals surface area contributed by atoms with Crippen LogP contribution in [0, 0.1) is 16.7 Å². The maximum Gasteiger partial charge on any atom is 0.126 e. The molecule has 0 amide bonds. The number of hydrogen-bond acceptors (Lipinski definition) is 2. The van der Waals surface area contributed by atoms with E-state index in [1.54, 1.807) is 0 Å². The zero-order valence-electron chi connectivity index (χ0n) is 8.42. The van der Waals surface area contributed by atoms with E-state index in [9.17, 15) is 4.79 Å². The molecule has 0 saturated carbocycles. The second kappa shape index (κ2) is 6.42. The first-order chi connectivity index (χ1) is 6.24. The SMILES string of the molecule is CC=CCC(C=O)(CC)CCC#N. The lowest BCUT2D eigenvalue weighted by Crippen LogP contribution is -2.20. The van der Waals surface area contributed by atoms with Gasteiger partial charge < -0.3 is 4.79 Å². The molecule has 0 rings (SSSR count). The minimum absolute atomic E-state index is 0.303. The number of allylic oxidation sites excluding steroid dienone is 2. The topological polar surface area (TPSA) is 40.9 Å². The van der Waals surface area contributed by atoms with E-state index in [0.717, 1.165) is 19.1 Å². The van der Waals surface area contributed by atoms with E-state index in [-0.39, 0.29) is 5.41 Å². The number of carbonyl (C=O) groups is 1. The van der Waals surface area contributed by atoms with Crippen molar-refractivity contribution in [2.24, 2.45) is 5.41 Å². The van der Waals surface area contributed by atoms with Crippen LogP contribution in [-0.2, 0) is 4.79 Å². The minimum Gasteiger partial charge on any atom is -0.303 e. The van der Waals surface area contributed by atoms with Crippen LogP contribution in [0.25, 0.3) is 0 Å². The Kier molecular flexibility index (Phi) is 5.88. The van der Waals surface area contributed by atoms with E-state index in [1.807, 2.05) is 26.0 Å². The number of nitriles is 1. The van der Waals surface area contributed by atoms with Crippen LogP contribution >= 0.6 is 0 Å². The number of carbonyl (C=O) groups excluding carboxylic acids is 1. The van der Waals surface area contributed by atoms with Gasteiger partial charge in [-0.15, -0.1) is 0 Å². The molecular formula is C11H17NO. The van der Waals surface area contributed by atoms with Gasteiger partial charge in [0.1, 0.15) is 6.29 Å². The average molecular weight is 179 g/mol. The minimum atomic E-state index is -0.303. The molecule has 0 aromatic rings. The Morgan fingerprint density at radius 3 is 2.62 bits per heavy atom. The zero-order chi connectivity index (χ0) is 10.2. The molecule has 1 unspecified atom stereocenters. The predicted octanol–water partition coefficient (Wildman–Crippen LogP) is 2.85. The van der Waals surface area contributed by atoms with Crippen molar-refractivity contribution >= 4 is 6.29 Å².